The molecule has 0 aliphatic heterocycles. The molecular weight excluding hydrogens is 486 g/mol. The summed E-state index contributed by atoms with van der Waals surface area (Å²) in [7, 11) is -1.59. The summed E-state index contributed by atoms with van der Waals surface area (Å²) < 4.78 is 22.2. The SMILES string of the molecule is CCC(CC)(c1ccc(OCC(=S)C(C)(C)C)c(C)c1)c1cc(C)c(S(=O)N[C@H](C)C(=O)O)s1. The van der Waals surface area contributed by atoms with E-state index in [4.69, 9.17) is 22.1 Å². The zero-order valence-electron chi connectivity index (χ0n) is 21.4. The summed E-state index contributed by atoms with van der Waals surface area (Å²) in [5, 5.41) is 9.15. The van der Waals surface area contributed by atoms with Gasteiger partial charge in [0, 0.05) is 15.2 Å². The Hall–Kier alpha value is -1.61. The van der Waals surface area contributed by atoms with Crippen molar-refractivity contribution in [2.45, 2.75) is 83.9 Å². The highest BCUT2D eigenvalue weighted by molar-refractivity contribution is 7.85. The maximum absolute atomic E-state index is 12.9. The fourth-order valence-electron chi connectivity index (χ4n) is 3.77. The average Bonchev–Trinajstić information content (AvgIpc) is 3.15. The Bertz CT molecular complexity index is 1060. The number of carboxylic acid groups (broad SMARTS) is 1. The molecule has 1 heterocycles. The van der Waals surface area contributed by atoms with Crippen LogP contribution in [-0.2, 0) is 21.2 Å². The van der Waals surface area contributed by atoms with Crippen molar-refractivity contribution < 1.29 is 18.8 Å². The molecule has 0 bridgehead atoms. The van der Waals surface area contributed by atoms with E-state index >= 15 is 0 Å². The van der Waals surface area contributed by atoms with Crippen molar-refractivity contribution in [2.24, 2.45) is 5.41 Å². The van der Waals surface area contributed by atoms with E-state index in [1.54, 1.807) is 0 Å². The van der Waals surface area contributed by atoms with E-state index in [9.17, 15) is 9.00 Å². The van der Waals surface area contributed by atoms with Crippen LogP contribution in [0, 0.1) is 19.3 Å². The molecule has 0 amide bonds. The van der Waals surface area contributed by atoms with Crippen LogP contribution in [0.4, 0.5) is 0 Å². The van der Waals surface area contributed by atoms with Crippen molar-refractivity contribution in [3.63, 3.8) is 0 Å². The van der Waals surface area contributed by atoms with E-state index in [2.05, 4.69) is 57.5 Å². The molecule has 0 saturated heterocycles. The predicted molar refractivity (Wildman–Crippen MR) is 146 cm³/mol. The van der Waals surface area contributed by atoms with Crippen LogP contribution < -0.4 is 9.46 Å². The number of benzene rings is 1. The quantitative estimate of drug-likeness (QED) is 0.336. The first kappa shape index (κ1) is 28.6. The fraction of sp³-hybridized carbons (Fsp3) is 0.538. The molecule has 0 spiro atoms. The third-order valence-corrected chi connectivity index (χ3v) is 10.2. The Labute approximate surface area is 215 Å². The lowest BCUT2D eigenvalue weighted by molar-refractivity contribution is -0.138. The molecule has 0 aliphatic carbocycles. The van der Waals surface area contributed by atoms with E-state index in [-0.39, 0.29) is 10.8 Å². The van der Waals surface area contributed by atoms with Crippen LogP contribution in [0.25, 0.3) is 0 Å². The molecule has 2 atom stereocenters. The van der Waals surface area contributed by atoms with Gasteiger partial charge in [0.1, 0.15) is 33.6 Å². The van der Waals surface area contributed by atoms with Crippen molar-refractivity contribution in [3.8, 4) is 5.75 Å². The predicted octanol–water partition coefficient (Wildman–Crippen LogP) is 6.35. The van der Waals surface area contributed by atoms with Gasteiger partial charge < -0.3 is 9.84 Å². The summed E-state index contributed by atoms with van der Waals surface area (Å²) in [6.45, 7) is 16.5. The fourth-order valence-corrected chi connectivity index (χ4v) is 6.68. The highest BCUT2D eigenvalue weighted by Crippen LogP contribution is 2.44. The molecule has 1 aromatic carbocycles. The lowest BCUT2D eigenvalue weighted by Gasteiger charge is -2.32. The Morgan fingerprint density at radius 2 is 1.79 bits per heavy atom. The Morgan fingerprint density at radius 3 is 2.29 bits per heavy atom. The molecule has 2 aromatic rings. The second-order valence-electron chi connectivity index (χ2n) is 9.76. The van der Waals surface area contributed by atoms with Crippen LogP contribution in [0.3, 0.4) is 0 Å². The number of ether oxygens (including phenoxy) is 1. The van der Waals surface area contributed by atoms with Crippen molar-refractivity contribution in [1.82, 2.24) is 4.72 Å². The first-order valence-electron chi connectivity index (χ1n) is 11.6. The third kappa shape index (κ3) is 6.33. The molecule has 0 radical (unpaired) electrons. The van der Waals surface area contributed by atoms with Gasteiger partial charge in [-0.3, -0.25) is 4.79 Å². The zero-order chi connectivity index (χ0) is 25.8. The van der Waals surface area contributed by atoms with Gasteiger partial charge in [0.15, 0.2) is 0 Å². The summed E-state index contributed by atoms with van der Waals surface area (Å²) >= 11 is 7.01. The molecule has 1 aromatic heterocycles. The highest BCUT2D eigenvalue weighted by Gasteiger charge is 2.34. The van der Waals surface area contributed by atoms with Crippen LogP contribution in [0.1, 0.15) is 76.0 Å². The van der Waals surface area contributed by atoms with Crippen molar-refractivity contribution in [3.05, 3.63) is 45.8 Å². The number of aliphatic carboxylic acids is 1. The molecule has 1 unspecified atom stereocenters. The van der Waals surface area contributed by atoms with Gasteiger partial charge in [-0.1, -0.05) is 59.0 Å². The number of aryl methyl sites for hydroxylation is 2. The molecule has 0 aliphatic rings. The van der Waals surface area contributed by atoms with E-state index in [1.165, 1.54) is 23.8 Å². The number of thiophene rings is 1. The minimum absolute atomic E-state index is 0.0747. The minimum Gasteiger partial charge on any atom is -0.488 e. The van der Waals surface area contributed by atoms with Gasteiger partial charge in [0.2, 0.25) is 0 Å². The number of hydrogen-bond donors (Lipinski definition) is 2. The van der Waals surface area contributed by atoms with Crippen molar-refractivity contribution in [1.29, 1.82) is 0 Å². The number of thiocarbonyl (C=S) groups is 1. The zero-order valence-corrected chi connectivity index (χ0v) is 23.9. The van der Waals surface area contributed by atoms with Crippen LogP contribution in [0.2, 0.25) is 0 Å². The lowest BCUT2D eigenvalue weighted by atomic mass is 9.74. The molecular formula is C26H37NO4S3. The van der Waals surface area contributed by atoms with Gasteiger partial charge in [-0.15, -0.1) is 11.3 Å². The number of hydrogen-bond acceptors (Lipinski definition) is 5. The van der Waals surface area contributed by atoms with Crippen LogP contribution in [0.15, 0.2) is 28.5 Å². The second-order valence-corrected chi connectivity index (χ2v) is 12.7. The molecule has 2 rings (SSSR count). The number of rotatable bonds is 11. The molecule has 2 N–H and O–H groups in total. The number of nitrogens with one attached hydrogen (secondary N) is 1. The molecule has 0 fully saturated rings. The third-order valence-electron chi connectivity index (χ3n) is 6.30. The molecule has 188 valence electrons. The first-order valence-corrected chi connectivity index (χ1v) is 13.9. The lowest BCUT2D eigenvalue weighted by Crippen LogP contribution is -2.34. The maximum atomic E-state index is 12.9. The summed E-state index contributed by atoms with van der Waals surface area (Å²) in [4.78, 5) is 13.2. The summed E-state index contributed by atoms with van der Waals surface area (Å²) in [6.07, 6.45) is 1.75. The smallest absolute Gasteiger partial charge is 0.321 e. The Morgan fingerprint density at radius 1 is 1.18 bits per heavy atom. The van der Waals surface area contributed by atoms with Crippen LogP contribution >= 0.6 is 23.6 Å². The van der Waals surface area contributed by atoms with E-state index in [0.717, 1.165) is 39.5 Å². The Balaban J connectivity index is 2.38. The first-order chi connectivity index (χ1) is 15.8. The van der Waals surface area contributed by atoms with Crippen LogP contribution in [-0.4, -0.2) is 32.8 Å². The van der Waals surface area contributed by atoms with Gasteiger partial charge in [0.05, 0.1) is 0 Å². The van der Waals surface area contributed by atoms with E-state index in [1.807, 2.05) is 19.9 Å². The van der Waals surface area contributed by atoms with Crippen molar-refractivity contribution in [2.75, 3.05) is 6.61 Å². The Kier molecular flexibility index (Phi) is 9.61. The summed E-state index contributed by atoms with van der Waals surface area (Å²) in [5.41, 5.74) is 2.83. The van der Waals surface area contributed by atoms with Gasteiger partial charge >= 0.3 is 5.97 Å². The normalized spacial score (nSPS) is 14.0. The summed E-state index contributed by atoms with van der Waals surface area (Å²) in [6, 6.07) is 7.52. The maximum Gasteiger partial charge on any atom is 0.321 e. The second kappa shape index (κ2) is 11.4. The number of carboxylic acids is 1. The van der Waals surface area contributed by atoms with Crippen LogP contribution in [0.5, 0.6) is 5.75 Å². The van der Waals surface area contributed by atoms with Gasteiger partial charge in [-0.25, -0.2) is 8.93 Å². The van der Waals surface area contributed by atoms with E-state index < -0.39 is 23.0 Å². The molecule has 5 nitrogen and oxygen atoms in total. The standard InChI is InChI=1S/C26H37NO4S3/c1-9-26(10-2,22-14-17(4)24(33-22)34(30)27-18(5)23(28)29)19-11-12-20(16(3)13-19)31-15-21(32)25(6,7)8/h11-14,18,27H,9-10,15H2,1-8H3,(H,28,29)/t18-,34?/m1/s1. The van der Waals surface area contributed by atoms with Gasteiger partial charge in [-0.05, 0) is 67.9 Å². The van der Waals surface area contributed by atoms with Gasteiger partial charge in [0.25, 0.3) is 0 Å². The molecule has 0 saturated carbocycles. The molecule has 34 heavy (non-hydrogen) atoms. The van der Waals surface area contributed by atoms with Gasteiger partial charge in [-0.2, -0.15) is 0 Å². The summed E-state index contributed by atoms with van der Waals surface area (Å²) in [5.74, 6) is -0.201. The minimum atomic E-state index is -1.59. The van der Waals surface area contributed by atoms with E-state index in [0.29, 0.717) is 10.8 Å². The largest absolute Gasteiger partial charge is 0.488 e. The monoisotopic (exact) mass is 523 g/mol. The highest BCUT2D eigenvalue weighted by atomic mass is 32.2. The molecule has 8 heteroatoms. The number of carbonyl (C=O) groups is 1. The van der Waals surface area contributed by atoms with Crippen molar-refractivity contribution >= 4 is 45.4 Å². The topological polar surface area (TPSA) is 75.6 Å². The average molecular weight is 524 g/mol.